The molecule has 1 heterocycles. The predicted octanol–water partition coefficient (Wildman–Crippen LogP) is 3.56. The van der Waals surface area contributed by atoms with Crippen LogP contribution in [0.25, 0.3) is 0 Å². The van der Waals surface area contributed by atoms with E-state index in [0.29, 0.717) is 17.9 Å². The SMILES string of the molecule is COc1cccc(CCNc2ccc(S(=O)(=O)Nc3nc(C)cc(C)n3)cc2)c1. The van der Waals surface area contributed by atoms with E-state index in [9.17, 15) is 8.42 Å². The van der Waals surface area contributed by atoms with E-state index in [1.54, 1.807) is 51.3 Å². The predicted molar refractivity (Wildman–Crippen MR) is 114 cm³/mol. The van der Waals surface area contributed by atoms with E-state index < -0.39 is 10.0 Å². The van der Waals surface area contributed by atoms with Gasteiger partial charge >= 0.3 is 0 Å². The average molecular weight is 413 g/mol. The Morgan fingerprint density at radius 1 is 0.966 bits per heavy atom. The monoisotopic (exact) mass is 412 g/mol. The standard InChI is InChI=1S/C21H24N4O3S/c1-15-13-16(2)24-21(23-15)25-29(26,27)20-9-7-18(8-10-20)22-12-11-17-5-4-6-19(14-17)28-3/h4-10,13-14,22H,11-12H2,1-3H3,(H,23,24,25). The highest BCUT2D eigenvalue weighted by Crippen LogP contribution is 2.18. The van der Waals surface area contributed by atoms with Gasteiger partial charge < -0.3 is 10.1 Å². The van der Waals surface area contributed by atoms with Crippen LogP contribution < -0.4 is 14.8 Å². The first-order chi connectivity index (χ1) is 13.9. The largest absolute Gasteiger partial charge is 0.497 e. The zero-order valence-electron chi connectivity index (χ0n) is 16.6. The lowest BCUT2D eigenvalue weighted by Crippen LogP contribution is -2.15. The van der Waals surface area contributed by atoms with Crippen molar-refractivity contribution in [2.45, 2.75) is 25.2 Å². The second-order valence-electron chi connectivity index (χ2n) is 6.63. The molecular formula is C21H24N4O3S. The molecule has 0 unspecified atom stereocenters. The molecule has 152 valence electrons. The Morgan fingerprint density at radius 2 is 1.66 bits per heavy atom. The first kappa shape index (κ1) is 20.6. The molecule has 0 bridgehead atoms. The fourth-order valence-corrected chi connectivity index (χ4v) is 3.83. The van der Waals surface area contributed by atoms with E-state index >= 15 is 0 Å². The van der Waals surface area contributed by atoms with Gasteiger partial charge in [0.1, 0.15) is 5.75 Å². The first-order valence-electron chi connectivity index (χ1n) is 9.18. The maximum Gasteiger partial charge on any atom is 0.264 e. The summed E-state index contributed by atoms with van der Waals surface area (Å²) in [6, 6.07) is 16.3. The molecule has 2 N–H and O–H groups in total. The number of nitrogens with one attached hydrogen (secondary N) is 2. The van der Waals surface area contributed by atoms with E-state index in [4.69, 9.17) is 4.74 Å². The van der Waals surface area contributed by atoms with Crippen molar-refractivity contribution < 1.29 is 13.2 Å². The summed E-state index contributed by atoms with van der Waals surface area (Å²) in [5.41, 5.74) is 3.40. The van der Waals surface area contributed by atoms with Gasteiger partial charge in [0.15, 0.2) is 0 Å². The summed E-state index contributed by atoms with van der Waals surface area (Å²) in [7, 11) is -2.10. The van der Waals surface area contributed by atoms with Crippen LogP contribution >= 0.6 is 0 Å². The van der Waals surface area contributed by atoms with Crippen molar-refractivity contribution in [1.82, 2.24) is 9.97 Å². The topological polar surface area (TPSA) is 93.2 Å². The number of aryl methyl sites for hydroxylation is 2. The van der Waals surface area contributed by atoms with Crippen LogP contribution in [-0.2, 0) is 16.4 Å². The third kappa shape index (κ3) is 5.68. The van der Waals surface area contributed by atoms with Crippen LogP contribution in [0.15, 0.2) is 59.5 Å². The fourth-order valence-electron chi connectivity index (χ4n) is 2.88. The maximum absolute atomic E-state index is 12.6. The Bertz CT molecular complexity index is 1060. The van der Waals surface area contributed by atoms with Crippen molar-refractivity contribution in [3.05, 3.63) is 71.5 Å². The third-order valence-corrected chi connectivity index (χ3v) is 5.59. The molecule has 3 aromatic rings. The van der Waals surface area contributed by atoms with Gasteiger partial charge in [-0.05, 0) is 68.3 Å². The summed E-state index contributed by atoms with van der Waals surface area (Å²) in [6.45, 7) is 4.30. The Hall–Kier alpha value is -3.13. The molecule has 2 aromatic carbocycles. The minimum absolute atomic E-state index is 0.0722. The van der Waals surface area contributed by atoms with Crippen LogP contribution in [0.1, 0.15) is 17.0 Å². The molecule has 0 aliphatic rings. The van der Waals surface area contributed by atoms with E-state index in [0.717, 1.165) is 23.4 Å². The quantitative estimate of drug-likeness (QED) is 0.588. The van der Waals surface area contributed by atoms with Crippen molar-refractivity contribution in [3.63, 3.8) is 0 Å². The number of methoxy groups -OCH3 is 1. The van der Waals surface area contributed by atoms with Crippen LogP contribution in [0.4, 0.5) is 11.6 Å². The minimum Gasteiger partial charge on any atom is -0.497 e. The van der Waals surface area contributed by atoms with E-state index in [-0.39, 0.29) is 10.8 Å². The van der Waals surface area contributed by atoms with Gasteiger partial charge in [-0.25, -0.2) is 23.1 Å². The normalized spacial score (nSPS) is 11.1. The number of nitrogens with zero attached hydrogens (tertiary/aromatic N) is 2. The Morgan fingerprint density at radius 3 is 2.31 bits per heavy atom. The van der Waals surface area contributed by atoms with Crippen molar-refractivity contribution >= 4 is 21.7 Å². The van der Waals surface area contributed by atoms with Gasteiger partial charge in [-0.2, -0.15) is 0 Å². The molecule has 0 amide bonds. The molecule has 1 aromatic heterocycles. The molecule has 0 fully saturated rings. The molecule has 0 saturated heterocycles. The van der Waals surface area contributed by atoms with Gasteiger partial charge in [0.25, 0.3) is 10.0 Å². The highest BCUT2D eigenvalue weighted by Gasteiger charge is 2.16. The molecule has 0 saturated carbocycles. The second-order valence-corrected chi connectivity index (χ2v) is 8.31. The number of sulfonamides is 1. The maximum atomic E-state index is 12.6. The number of hydrogen-bond acceptors (Lipinski definition) is 6. The molecule has 0 aliphatic heterocycles. The molecule has 7 nitrogen and oxygen atoms in total. The van der Waals surface area contributed by atoms with Gasteiger partial charge in [0, 0.05) is 23.6 Å². The highest BCUT2D eigenvalue weighted by atomic mass is 32.2. The van der Waals surface area contributed by atoms with Gasteiger partial charge in [-0.15, -0.1) is 0 Å². The van der Waals surface area contributed by atoms with Gasteiger partial charge in [0.05, 0.1) is 12.0 Å². The molecule has 0 spiro atoms. The Labute approximate surface area is 171 Å². The molecule has 3 rings (SSSR count). The molecule has 0 radical (unpaired) electrons. The van der Waals surface area contributed by atoms with Crippen LogP contribution in [0.2, 0.25) is 0 Å². The van der Waals surface area contributed by atoms with Crippen molar-refractivity contribution in [1.29, 1.82) is 0 Å². The average Bonchev–Trinajstić information content (AvgIpc) is 2.67. The van der Waals surface area contributed by atoms with E-state index in [2.05, 4.69) is 20.0 Å². The summed E-state index contributed by atoms with van der Waals surface area (Å²) in [5, 5.41) is 3.29. The first-order valence-corrected chi connectivity index (χ1v) is 10.7. The molecule has 0 aliphatic carbocycles. The fraction of sp³-hybridized carbons (Fsp3) is 0.238. The number of benzene rings is 2. The summed E-state index contributed by atoms with van der Waals surface area (Å²) in [4.78, 5) is 8.39. The van der Waals surface area contributed by atoms with Crippen LogP contribution in [0, 0.1) is 13.8 Å². The van der Waals surface area contributed by atoms with E-state index in [1.165, 1.54) is 0 Å². The number of hydrogen-bond donors (Lipinski definition) is 2. The number of aromatic nitrogens is 2. The zero-order valence-corrected chi connectivity index (χ0v) is 17.5. The van der Waals surface area contributed by atoms with Crippen molar-refractivity contribution in [2.24, 2.45) is 0 Å². The number of rotatable bonds is 8. The smallest absolute Gasteiger partial charge is 0.264 e. The minimum atomic E-state index is -3.75. The summed E-state index contributed by atoms with van der Waals surface area (Å²) >= 11 is 0. The summed E-state index contributed by atoms with van der Waals surface area (Å²) in [6.07, 6.45) is 0.822. The van der Waals surface area contributed by atoms with Crippen molar-refractivity contribution in [3.8, 4) is 5.75 Å². The van der Waals surface area contributed by atoms with Gasteiger partial charge in [-0.1, -0.05) is 12.1 Å². The molecular weight excluding hydrogens is 388 g/mol. The van der Waals surface area contributed by atoms with Crippen LogP contribution in [-0.4, -0.2) is 32.0 Å². The van der Waals surface area contributed by atoms with Crippen molar-refractivity contribution in [2.75, 3.05) is 23.7 Å². The lowest BCUT2D eigenvalue weighted by atomic mass is 10.1. The number of anilines is 2. The summed E-state index contributed by atoms with van der Waals surface area (Å²) < 4.78 is 32.8. The van der Waals surface area contributed by atoms with Gasteiger partial charge in [-0.3, -0.25) is 0 Å². The molecule has 0 atom stereocenters. The third-order valence-electron chi connectivity index (χ3n) is 4.25. The lowest BCUT2D eigenvalue weighted by Gasteiger charge is -2.10. The van der Waals surface area contributed by atoms with E-state index in [1.807, 2.05) is 24.3 Å². The van der Waals surface area contributed by atoms with Crippen LogP contribution in [0.5, 0.6) is 5.75 Å². The highest BCUT2D eigenvalue weighted by molar-refractivity contribution is 7.92. The van der Waals surface area contributed by atoms with Crippen LogP contribution in [0.3, 0.4) is 0 Å². The second kappa shape index (κ2) is 8.91. The molecule has 8 heteroatoms. The number of ether oxygens (including phenoxy) is 1. The molecule has 29 heavy (non-hydrogen) atoms. The Balaban J connectivity index is 1.61. The van der Waals surface area contributed by atoms with Gasteiger partial charge in [0.2, 0.25) is 5.95 Å². The Kier molecular flexibility index (Phi) is 6.33. The zero-order chi connectivity index (χ0) is 20.9. The summed E-state index contributed by atoms with van der Waals surface area (Å²) in [5.74, 6) is 0.903. The lowest BCUT2D eigenvalue weighted by molar-refractivity contribution is 0.414.